The van der Waals surface area contributed by atoms with Gasteiger partial charge < -0.3 is 0 Å². The average Bonchev–Trinajstić information content (AvgIpc) is 0.783. The predicted molar refractivity (Wildman–Crippen MR) is 401 cm³/mol. The van der Waals surface area contributed by atoms with Crippen LogP contribution in [0.5, 0.6) is 0 Å². The van der Waals surface area contributed by atoms with Crippen molar-refractivity contribution < 1.29 is 6.85 Å². The molecule has 0 N–H and O–H groups in total. The molecule has 0 radical (unpaired) electrons. The molecule has 20 aromatic rings. The van der Waals surface area contributed by atoms with E-state index < -0.39 is 0 Å². The van der Waals surface area contributed by atoms with Gasteiger partial charge in [0.25, 0.3) is 0 Å². The van der Waals surface area contributed by atoms with Crippen molar-refractivity contribution >= 4 is 162 Å². The summed E-state index contributed by atoms with van der Waals surface area (Å²) in [6, 6.07) is 68.6. The minimum Gasteiger partial charge on any atom is -0.264 e. The molecule has 8 heteroatoms. The Bertz CT molecular complexity index is 5470. The molecule has 8 aromatic heterocycles. The van der Waals surface area contributed by atoms with E-state index in [0.717, 1.165) is 103 Å². The molecule has 450 valence electrons. The third-order valence-corrected chi connectivity index (χ3v) is 18.1. The Balaban J connectivity index is 0.0000000972. The van der Waals surface area contributed by atoms with Gasteiger partial charge in [-0.3, -0.25) is 39.9 Å². The molecule has 8 nitrogen and oxygen atoms in total. The standard InChI is InChI=1S/2C18H13N.3C17H12N2/c1-12-8-9-14-13-5-2-3-6-15(13)18-16(17(14)11-12)7-4-10-19-18;1-12-6-7-15-13-4-2-3-5-14(13)16-8-9-19-11-18(16)17(15)10-12;1-11-2-3-12-13-4-6-18-9-16(13)14-5-7-19-10-17(14)15(12)8-11;1-11-2-3-12-13-4-6-18-9-16(13)17-10-19-7-5-14(17)15(12)8-11;1-11-4-5-12-13-3-2-7-19-17(13)14-6-8-18-10-16(14)15(12)9-11/h2*2-11H,1H3;3*2-10H,1H3/i5*1D. The first-order valence-corrected chi connectivity index (χ1v) is 31.3. The van der Waals surface area contributed by atoms with Crippen molar-refractivity contribution in [2.24, 2.45) is 0 Å². The lowest BCUT2D eigenvalue weighted by atomic mass is 9.94. The number of hydrogen-bond acceptors (Lipinski definition) is 8. The van der Waals surface area contributed by atoms with E-state index in [9.17, 15) is 0 Å². The minimum absolute atomic E-state index is 0.294. The summed E-state index contributed by atoms with van der Waals surface area (Å²) in [5.41, 5.74) is 7.20. The Morgan fingerprint density at radius 2 is 0.379 bits per heavy atom. The number of pyridine rings is 8. The van der Waals surface area contributed by atoms with E-state index in [2.05, 4.69) is 173 Å². The second-order valence-electron chi connectivity index (χ2n) is 23.8. The quantitative estimate of drug-likeness (QED) is 0.138. The Kier molecular flexibility index (Phi) is 13.5. The van der Waals surface area contributed by atoms with Gasteiger partial charge in [0.15, 0.2) is 0 Å². The lowest BCUT2D eigenvalue weighted by molar-refractivity contribution is 1.35. The predicted octanol–water partition coefficient (Wildman–Crippen LogP) is 22.4. The van der Waals surface area contributed by atoms with Crippen molar-refractivity contribution in [3.63, 3.8) is 0 Å². The third kappa shape index (κ3) is 10.5. The number of nitrogens with zero attached hydrogens (tertiary/aromatic N) is 8. The summed E-state index contributed by atoms with van der Waals surface area (Å²) in [6.45, 7) is 1.51. The molecule has 0 saturated heterocycles. The topological polar surface area (TPSA) is 103 Å². The Hall–Kier alpha value is -12.3. The highest BCUT2D eigenvalue weighted by atomic mass is 14.7. The van der Waals surface area contributed by atoms with Crippen LogP contribution in [0.1, 0.15) is 34.7 Å². The number of rotatable bonds is 0. The van der Waals surface area contributed by atoms with E-state index >= 15 is 0 Å². The Labute approximate surface area is 555 Å². The molecule has 8 heterocycles. The lowest BCUT2D eigenvalue weighted by Crippen LogP contribution is -1.86. The maximum Gasteiger partial charge on any atom is 0.0787 e. The third-order valence-electron chi connectivity index (χ3n) is 18.1. The zero-order valence-electron chi connectivity index (χ0n) is 56.7. The van der Waals surface area contributed by atoms with Crippen LogP contribution in [0.2, 0.25) is 0 Å². The lowest BCUT2D eigenvalue weighted by Gasteiger charge is -2.10. The zero-order chi connectivity index (χ0) is 67.6. The van der Waals surface area contributed by atoms with Crippen LogP contribution >= 0.6 is 0 Å². The van der Waals surface area contributed by atoms with Crippen molar-refractivity contribution in [1.82, 2.24) is 39.9 Å². The molecule has 20 rings (SSSR count). The molecule has 0 amide bonds. The molecule has 0 saturated carbocycles. The van der Waals surface area contributed by atoms with Crippen molar-refractivity contribution in [3.05, 3.63) is 315 Å². The average molecular weight is 1220 g/mol. The highest BCUT2D eigenvalue weighted by molar-refractivity contribution is 6.29. The number of benzene rings is 12. The van der Waals surface area contributed by atoms with Crippen LogP contribution in [0.4, 0.5) is 0 Å². The maximum atomic E-state index is 7.57. The molecular weight excluding hydrogens is 1160 g/mol. The van der Waals surface area contributed by atoms with Crippen molar-refractivity contribution in [2.45, 2.75) is 34.5 Å². The van der Waals surface area contributed by atoms with Crippen LogP contribution < -0.4 is 0 Å². The highest BCUT2D eigenvalue weighted by Crippen LogP contribution is 2.40. The van der Waals surface area contributed by atoms with Gasteiger partial charge in [0.1, 0.15) is 0 Å². The molecule has 0 aliphatic carbocycles. The van der Waals surface area contributed by atoms with Gasteiger partial charge in [0.05, 0.1) is 11.0 Å². The van der Waals surface area contributed by atoms with Gasteiger partial charge >= 0.3 is 0 Å². The van der Waals surface area contributed by atoms with Gasteiger partial charge in [-0.25, -0.2) is 0 Å². The summed E-state index contributed by atoms with van der Waals surface area (Å²) in [5.74, 6) is 0. The molecule has 95 heavy (non-hydrogen) atoms. The largest absolute Gasteiger partial charge is 0.264 e. The van der Waals surface area contributed by atoms with Gasteiger partial charge in [-0.1, -0.05) is 179 Å². The fourth-order valence-corrected chi connectivity index (χ4v) is 13.8. The molecular formula is C87H62N8. The van der Waals surface area contributed by atoms with Gasteiger partial charge in [0, 0.05) is 147 Å². The number of hydrogen-bond donors (Lipinski definition) is 0. The van der Waals surface area contributed by atoms with Crippen molar-refractivity contribution in [2.75, 3.05) is 0 Å². The van der Waals surface area contributed by atoms with E-state index in [-0.39, 0.29) is 0 Å². The molecule has 0 aliphatic rings. The summed E-state index contributed by atoms with van der Waals surface area (Å²) in [7, 11) is 0. The maximum absolute atomic E-state index is 7.57. The Morgan fingerprint density at radius 1 is 0.179 bits per heavy atom. The van der Waals surface area contributed by atoms with E-state index in [1.807, 2.05) is 147 Å². The van der Waals surface area contributed by atoms with E-state index in [0.29, 0.717) is 34.5 Å². The van der Waals surface area contributed by atoms with Crippen LogP contribution in [-0.2, 0) is 0 Å². The molecule has 0 aliphatic heterocycles. The monoisotopic (exact) mass is 1220 g/mol. The van der Waals surface area contributed by atoms with Crippen molar-refractivity contribution in [3.8, 4) is 0 Å². The van der Waals surface area contributed by atoms with E-state index in [1.165, 1.54) is 86.2 Å². The highest BCUT2D eigenvalue weighted by Gasteiger charge is 2.14. The van der Waals surface area contributed by atoms with Crippen LogP contribution in [-0.4, -0.2) is 39.9 Å². The van der Waals surface area contributed by atoms with Crippen LogP contribution in [0.25, 0.3) is 162 Å². The van der Waals surface area contributed by atoms with E-state index in [4.69, 9.17) is 6.85 Å². The number of fused-ring (bicyclic) bond motifs is 30. The number of aryl methyl sites for hydroxylation is 5. The second-order valence-corrected chi connectivity index (χ2v) is 23.8. The van der Waals surface area contributed by atoms with Crippen LogP contribution in [0.3, 0.4) is 0 Å². The molecule has 0 bridgehead atoms. The Morgan fingerprint density at radius 3 is 0.737 bits per heavy atom. The number of aromatic nitrogens is 8. The second kappa shape index (κ2) is 24.4. The summed E-state index contributed by atoms with van der Waals surface area (Å²) in [6.07, 6.45) is 26.0. The summed E-state index contributed by atoms with van der Waals surface area (Å²) in [5, 5.41) is 33.0. The SMILES string of the molecule is [2H]Cc1ccc2c(c1)c1cnccc1c1ncccc21.[2H]Cc1ccc2c3ccccc3c3ccncc3c2c1.[2H]Cc1ccc2c3ccccc3c3ncccc3c2c1.[2H]Cc1ccc2c3ccncc3c3ccncc3c2c1.[2H]Cc1ccc2c3ccncc3c3cnccc3c2c1. The van der Waals surface area contributed by atoms with Crippen molar-refractivity contribution in [1.29, 1.82) is 0 Å². The van der Waals surface area contributed by atoms with E-state index in [1.54, 1.807) is 6.20 Å². The van der Waals surface area contributed by atoms with Gasteiger partial charge in [-0.15, -0.1) is 0 Å². The van der Waals surface area contributed by atoms with Gasteiger partial charge in [-0.2, -0.15) is 0 Å². The minimum atomic E-state index is 0.294. The molecule has 0 atom stereocenters. The summed E-state index contributed by atoms with van der Waals surface area (Å²) < 4.78 is 37.8. The van der Waals surface area contributed by atoms with Crippen LogP contribution in [0.15, 0.2) is 287 Å². The first-order chi connectivity index (χ1) is 49.4. The normalized spacial score (nSPS) is 12.1. The van der Waals surface area contributed by atoms with Crippen LogP contribution in [0, 0.1) is 34.5 Å². The smallest absolute Gasteiger partial charge is 0.0787 e. The molecule has 0 spiro atoms. The fraction of sp³-hybridized carbons (Fsp3) is 0.0575. The summed E-state index contributed by atoms with van der Waals surface area (Å²) in [4.78, 5) is 34.6. The zero-order valence-corrected chi connectivity index (χ0v) is 51.7. The first kappa shape index (κ1) is 52.4. The molecule has 12 aromatic carbocycles. The summed E-state index contributed by atoms with van der Waals surface area (Å²) >= 11 is 0. The fourth-order valence-electron chi connectivity index (χ4n) is 13.8. The first-order valence-electron chi connectivity index (χ1n) is 34.8. The molecule has 0 unspecified atom stereocenters. The van der Waals surface area contributed by atoms with Gasteiger partial charge in [-0.05, 0) is 180 Å². The molecule has 0 fully saturated rings. The van der Waals surface area contributed by atoms with Gasteiger partial charge in [0.2, 0.25) is 0 Å².